The quantitative estimate of drug-likeness (QED) is 0.645. The molecule has 0 spiro atoms. The summed E-state index contributed by atoms with van der Waals surface area (Å²) < 4.78 is 0. The predicted octanol–water partition coefficient (Wildman–Crippen LogP) is 0.496. The van der Waals surface area contributed by atoms with Crippen LogP contribution in [0.2, 0.25) is 0 Å². The van der Waals surface area contributed by atoms with E-state index < -0.39 is 0 Å². The smallest absolute Gasteiger partial charge is 0.236 e. The molecular formula is C9H18N2O. The van der Waals surface area contributed by atoms with E-state index in [1.165, 1.54) is 12.8 Å². The van der Waals surface area contributed by atoms with Gasteiger partial charge in [0.25, 0.3) is 0 Å². The number of nitrogens with two attached hydrogens (primary N) is 1. The zero-order chi connectivity index (χ0) is 9.14. The summed E-state index contributed by atoms with van der Waals surface area (Å²) in [6.07, 6.45) is 2.66. The molecule has 3 nitrogen and oxygen atoms in total. The summed E-state index contributed by atoms with van der Waals surface area (Å²) in [6.45, 7) is 4.67. The molecule has 3 heteroatoms. The number of nitrogens with one attached hydrogen (secondary N) is 1. The van der Waals surface area contributed by atoms with Gasteiger partial charge in [0.15, 0.2) is 0 Å². The van der Waals surface area contributed by atoms with Gasteiger partial charge in [-0.25, -0.2) is 0 Å². The molecule has 0 aromatic rings. The second-order valence-corrected chi connectivity index (χ2v) is 3.85. The molecule has 0 bridgehead atoms. The van der Waals surface area contributed by atoms with E-state index in [0.717, 1.165) is 12.5 Å². The van der Waals surface area contributed by atoms with E-state index in [1.807, 2.05) is 0 Å². The lowest BCUT2D eigenvalue weighted by molar-refractivity contribution is -0.122. The van der Waals surface area contributed by atoms with Crippen molar-refractivity contribution in [2.24, 2.45) is 17.6 Å². The number of carbonyl (C=O) groups excluding carboxylic acids is 1. The standard InChI is InChI=1S/C9H18N2O/c1-6(8-3-4-8)5-11-9(12)7(2)10/h6-8H,3-5,10H2,1-2H3,(H,11,12)/t6?,7-/m1/s1. The Morgan fingerprint density at radius 2 is 2.17 bits per heavy atom. The van der Waals surface area contributed by atoms with Crippen molar-refractivity contribution >= 4 is 5.91 Å². The molecule has 1 aliphatic carbocycles. The molecule has 0 aromatic heterocycles. The van der Waals surface area contributed by atoms with Crippen molar-refractivity contribution < 1.29 is 4.79 Å². The average Bonchev–Trinajstić information content (AvgIpc) is 2.81. The van der Waals surface area contributed by atoms with E-state index in [-0.39, 0.29) is 11.9 Å². The van der Waals surface area contributed by atoms with E-state index >= 15 is 0 Å². The number of rotatable bonds is 4. The third-order valence-corrected chi connectivity index (χ3v) is 2.44. The zero-order valence-corrected chi connectivity index (χ0v) is 7.84. The molecule has 0 aliphatic heterocycles. The fraction of sp³-hybridized carbons (Fsp3) is 0.889. The van der Waals surface area contributed by atoms with Crippen LogP contribution in [0, 0.1) is 11.8 Å². The number of hydrogen-bond acceptors (Lipinski definition) is 2. The molecular weight excluding hydrogens is 152 g/mol. The molecule has 70 valence electrons. The van der Waals surface area contributed by atoms with Gasteiger partial charge in [-0.2, -0.15) is 0 Å². The summed E-state index contributed by atoms with van der Waals surface area (Å²) in [5.74, 6) is 1.42. The van der Waals surface area contributed by atoms with Crippen LogP contribution in [-0.2, 0) is 4.79 Å². The Morgan fingerprint density at radius 1 is 1.58 bits per heavy atom. The Labute approximate surface area is 73.7 Å². The molecule has 0 heterocycles. The largest absolute Gasteiger partial charge is 0.354 e. The van der Waals surface area contributed by atoms with Crippen molar-refractivity contribution in [1.82, 2.24) is 5.32 Å². The molecule has 0 saturated heterocycles. The van der Waals surface area contributed by atoms with Gasteiger partial charge in [0.2, 0.25) is 5.91 Å². The number of amides is 1. The van der Waals surface area contributed by atoms with Crippen LogP contribution in [0.5, 0.6) is 0 Å². The maximum atomic E-state index is 11.1. The summed E-state index contributed by atoms with van der Waals surface area (Å²) in [5, 5.41) is 2.84. The molecule has 12 heavy (non-hydrogen) atoms. The molecule has 1 aliphatic rings. The normalized spacial score (nSPS) is 21.6. The highest BCUT2D eigenvalue weighted by molar-refractivity contribution is 5.80. The molecule has 1 amide bonds. The van der Waals surface area contributed by atoms with Gasteiger partial charge in [-0.3, -0.25) is 4.79 Å². The van der Waals surface area contributed by atoms with Gasteiger partial charge in [-0.1, -0.05) is 6.92 Å². The van der Waals surface area contributed by atoms with Gasteiger partial charge < -0.3 is 11.1 Å². The first-order valence-corrected chi connectivity index (χ1v) is 4.64. The predicted molar refractivity (Wildman–Crippen MR) is 48.5 cm³/mol. The van der Waals surface area contributed by atoms with Gasteiger partial charge in [-0.15, -0.1) is 0 Å². The molecule has 1 unspecified atom stereocenters. The molecule has 1 rings (SSSR count). The van der Waals surface area contributed by atoms with Crippen LogP contribution in [0.4, 0.5) is 0 Å². The van der Waals surface area contributed by atoms with E-state index in [0.29, 0.717) is 5.92 Å². The molecule has 3 N–H and O–H groups in total. The van der Waals surface area contributed by atoms with Gasteiger partial charge >= 0.3 is 0 Å². The van der Waals surface area contributed by atoms with Crippen LogP contribution < -0.4 is 11.1 Å². The third kappa shape index (κ3) is 2.81. The highest BCUT2D eigenvalue weighted by Crippen LogP contribution is 2.35. The number of carbonyl (C=O) groups is 1. The third-order valence-electron chi connectivity index (χ3n) is 2.44. The highest BCUT2D eigenvalue weighted by Gasteiger charge is 2.27. The van der Waals surface area contributed by atoms with Gasteiger partial charge in [0.05, 0.1) is 6.04 Å². The minimum absolute atomic E-state index is 0.0394. The first-order valence-electron chi connectivity index (χ1n) is 4.64. The Balaban J connectivity index is 2.11. The van der Waals surface area contributed by atoms with Crippen LogP contribution in [0.1, 0.15) is 26.7 Å². The lowest BCUT2D eigenvalue weighted by Gasteiger charge is -2.12. The van der Waals surface area contributed by atoms with Gasteiger partial charge in [0.1, 0.15) is 0 Å². The van der Waals surface area contributed by atoms with Gasteiger partial charge in [0, 0.05) is 6.54 Å². The maximum absolute atomic E-state index is 11.1. The molecule has 1 fully saturated rings. The van der Waals surface area contributed by atoms with Crippen molar-refractivity contribution in [3.8, 4) is 0 Å². The number of hydrogen-bond donors (Lipinski definition) is 2. The lowest BCUT2D eigenvalue weighted by Crippen LogP contribution is -2.40. The Morgan fingerprint density at radius 3 is 2.58 bits per heavy atom. The van der Waals surface area contributed by atoms with Crippen LogP contribution in [0.15, 0.2) is 0 Å². The minimum Gasteiger partial charge on any atom is -0.354 e. The Kier molecular flexibility index (Phi) is 3.09. The van der Waals surface area contributed by atoms with Crippen molar-refractivity contribution in [2.45, 2.75) is 32.7 Å². The van der Waals surface area contributed by atoms with E-state index in [9.17, 15) is 4.79 Å². The summed E-state index contributed by atoms with van der Waals surface area (Å²) in [5.41, 5.74) is 5.40. The zero-order valence-electron chi connectivity index (χ0n) is 7.84. The molecule has 2 atom stereocenters. The molecule has 1 saturated carbocycles. The van der Waals surface area contributed by atoms with Crippen LogP contribution >= 0.6 is 0 Å². The monoisotopic (exact) mass is 170 g/mol. The van der Waals surface area contributed by atoms with Crippen molar-refractivity contribution in [2.75, 3.05) is 6.54 Å². The van der Waals surface area contributed by atoms with Crippen LogP contribution in [0.3, 0.4) is 0 Å². The topological polar surface area (TPSA) is 55.1 Å². The van der Waals surface area contributed by atoms with Crippen LogP contribution in [0.25, 0.3) is 0 Å². The van der Waals surface area contributed by atoms with Gasteiger partial charge in [-0.05, 0) is 31.6 Å². The summed E-state index contributed by atoms with van der Waals surface area (Å²) >= 11 is 0. The SMILES string of the molecule is CC(CNC(=O)[C@@H](C)N)C1CC1. The average molecular weight is 170 g/mol. The van der Waals surface area contributed by atoms with Crippen LogP contribution in [-0.4, -0.2) is 18.5 Å². The second kappa shape index (κ2) is 3.90. The summed E-state index contributed by atoms with van der Waals surface area (Å²) in [4.78, 5) is 11.1. The Hall–Kier alpha value is -0.570. The molecule has 0 radical (unpaired) electrons. The van der Waals surface area contributed by atoms with Crippen molar-refractivity contribution in [3.05, 3.63) is 0 Å². The van der Waals surface area contributed by atoms with Crippen molar-refractivity contribution in [1.29, 1.82) is 0 Å². The Bertz CT molecular complexity index is 164. The second-order valence-electron chi connectivity index (χ2n) is 3.85. The highest BCUT2D eigenvalue weighted by atomic mass is 16.2. The summed E-state index contributed by atoms with van der Waals surface area (Å²) in [7, 11) is 0. The minimum atomic E-state index is -0.378. The fourth-order valence-corrected chi connectivity index (χ4v) is 1.25. The first kappa shape index (κ1) is 9.52. The van der Waals surface area contributed by atoms with E-state index in [2.05, 4.69) is 12.2 Å². The van der Waals surface area contributed by atoms with E-state index in [1.54, 1.807) is 6.92 Å². The summed E-state index contributed by atoms with van der Waals surface area (Å²) in [6, 6.07) is -0.378. The lowest BCUT2D eigenvalue weighted by atomic mass is 10.1. The molecule has 0 aromatic carbocycles. The first-order chi connectivity index (χ1) is 5.61. The van der Waals surface area contributed by atoms with Crippen molar-refractivity contribution in [3.63, 3.8) is 0 Å². The van der Waals surface area contributed by atoms with E-state index in [4.69, 9.17) is 5.73 Å². The maximum Gasteiger partial charge on any atom is 0.236 e. The fourth-order valence-electron chi connectivity index (χ4n) is 1.25.